The van der Waals surface area contributed by atoms with Gasteiger partial charge in [0.2, 0.25) is 5.71 Å². The highest BCUT2D eigenvalue weighted by Gasteiger charge is 2.58. The molecule has 57 heavy (non-hydrogen) atoms. The van der Waals surface area contributed by atoms with Crippen molar-refractivity contribution >= 4 is 22.8 Å². The van der Waals surface area contributed by atoms with Gasteiger partial charge in [0.25, 0.3) is 6.17 Å². The molecule has 284 valence electrons. The molecule has 2 aliphatic rings. The standard InChI is InChI=1S/C46H35F4N4O3/c1-27-9-5-10-28(21-27)41-42(29-11-6-14-34(22-29)55-2)53-46(52-41,38-20-18-33(48)26-40(38)50)54-44(31-13-8-16-36(24-31)57-4)43(30-12-7-15-35(23-30)56-3)51-45(54)37-19-17-32(47)25-39(37)49/h5-26,45H,1-4H3/q+1. The summed E-state index contributed by atoms with van der Waals surface area (Å²) in [5, 5.41) is 0. The Labute approximate surface area is 326 Å². The van der Waals surface area contributed by atoms with Gasteiger partial charge in [0, 0.05) is 28.8 Å². The van der Waals surface area contributed by atoms with Crippen LogP contribution in [-0.2, 0) is 5.79 Å². The molecular weight excluding hydrogens is 733 g/mol. The zero-order chi connectivity index (χ0) is 39.8. The van der Waals surface area contributed by atoms with Gasteiger partial charge in [0.15, 0.2) is 0 Å². The van der Waals surface area contributed by atoms with Gasteiger partial charge in [-0.05, 0) is 79.7 Å². The van der Waals surface area contributed by atoms with E-state index in [-0.39, 0.29) is 11.1 Å². The van der Waals surface area contributed by atoms with Gasteiger partial charge in [-0.1, -0.05) is 54.1 Å². The fourth-order valence-corrected chi connectivity index (χ4v) is 7.28. The quantitative estimate of drug-likeness (QED) is 0.103. The maximum atomic E-state index is 16.8. The van der Waals surface area contributed by atoms with Crippen molar-refractivity contribution in [3.63, 3.8) is 0 Å². The largest absolute Gasteiger partial charge is 0.497 e. The Hall–Kier alpha value is -6.88. The predicted octanol–water partition coefficient (Wildman–Crippen LogP) is 9.38. The molecule has 0 amide bonds. The van der Waals surface area contributed by atoms with Crippen LogP contribution in [0.15, 0.2) is 148 Å². The summed E-state index contributed by atoms with van der Waals surface area (Å²) >= 11 is 0. The van der Waals surface area contributed by atoms with Crippen LogP contribution in [0.1, 0.15) is 45.1 Å². The van der Waals surface area contributed by atoms with E-state index in [4.69, 9.17) is 29.2 Å². The van der Waals surface area contributed by atoms with Crippen LogP contribution in [0.2, 0.25) is 0 Å². The molecule has 8 rings (SSSR count). The molecule has 0 N–H and O–H groups in total. The monoisotopic (exact) mass is 767 g/mol. The van der Waals surface area contributed by atoms with E-state index in [1.807, 2.05) is 49.4 Å². The molecule has 2 unspecified atom stereocenters. The van der Waals surface area contributed by atoms with Crippen molar-refractivity contribution in [1.82, 2.24) is 0 Å². The van der Waals surface area contributed by atoms with Crippen molar-refractivity contribution < 1.29 is 36.3 Å². The first-order chi connectivity index (χ1) is 27.6. The van der Waals surface area contributed by atoms with Gasteiger partial charge in [0.1, 0.15) is 63.2 Å². The van der Waals surface area contributed by atoms with Crippen LogP contribution in [0.3, 0.4) is 0 Å². The number of aryl methyl sites for hydroxylation is 1. The van der Waals surface area contributed by atoms with E-state index in [1.54, 1.807) is 66.3 Å². The van der Waals surface area contributed by atoms with Crippen molar-refractivity contribution in [1.29, 1.82) is 0 Å². The normalized spacial score (nSPS) is 17.6. The molecule has 0 aliphatic carbocycles. The molecule has 0 aromatic heterocycles. The Morgan fingerprint density at radius 3 is 1.56 bits per heavy atom. The van der Waals surface area contributed by atoms with Crippen molar-refractivity contribution in [3.8, 4) is 17.2 Å². The number of aliphatic imine (C=N–C) groups is 3. The molecule has 0 radical (unpaired) electrons. The number of halogens is 4. The van der Waals surface area contributed by atoms with E-state index in [9.17, 15) is 8.78 Å². The van der Waals surface area contributed by atoms with Crippen molar-refractivity contribution in [2.24, 2.45) is 15.0 Å². The van der Waals surface area contributed by atoms with Gasteiger partial charge in [-0.3, -0.25) is 0 Å². The van der Waals surface area contributed by atoms with Crippen molar-refractivity contribution in [2.75, 3.05) is 21.3 Å². The van der Waals surface area contributed by atoms with Crippen LogP contribution in [-0.4, -0.2) is 48.8 Å². The van der Waals surface area contributed by atoms with Crippen molar-refractivity contribution in [2.45, 2.75) is 18.9 Å². The summed E-state index contributed by atoms with van der Waals surface area (Å²) in [4.78, 5) is 15.9. The highest BCUT2D eigenvalue weighted by Crippen LogP contribution is 2.45. The second-order valence-electron chi connectivity index (χ2n) is 13.5. The number of benzene rings is 6. The number of ether oxygens (including phenoxy) is 3. The highest BCUT2D eigenvalue weighted by atomic mass is 19.1. The zero-order valence-corrected chi connectivity index (χ0v) is 31.3. The first-order valence-electron chi connectivity index (χ1n) is 18.0. The summed E-state index contributed by atoms with van der Waals surface area (Å²) in [5.74, 6) is -4.09. The molecule has 2 aliphatic heterocycles. The van der Waals surface area contributed by atoms with E-state index < -0.39 is 35.2 Å². The van der Waals surface area contributed by atoms with Gasteiger partial charge >= 0.3 is 5.79 Å². The lowest BCUT2D eigenvalue weighted by Gasteiger charge is -2.25. The molecule has 2 heterocycles. The highest BCUT2D eigenvalue weighted by molar-refractivity contribution is 6.55. The minimum absolute atomic E-state index is 0.0473. The maximum Gasteiger partial charge on any atom is 0.390 e. The number of nitrogens with zero attached hydrogens (tertiary/aromatic N) is 4. The summed E-state index contributed by atoms with van der Waals surface area (Å²) < 4.78 is 81.1. The third kappa shape index (κ3) is 6.75. The van der Waals surface area contributed by atoms with Crippen LogP contribution in [0.5, 0.6) is 17.2 Å². The molecule has 0 bridgehead atoms. The van der Waals surface area contributed by atoms with Gasteiger partial charge in [-0.25, -0.2) is 22.6 Å². The summed E-state index contributed by atoms with van der Waals surface area (Å²) in [6.07, 6.45) is -1.34. The van der Waals surface area contributed by atoms with E-state index in [0.717, 1.165) is 29.8 Å². The third-order valence-electron chi connectivity index (χ3n) is 9.91. The zero-order valence-electron chi connectivity index (χ0n) is 31.3. The first-order valence-corrected chi connectivity index (χ1v) is 18.0. The van der Waals surface area contributed by atoms with Gasteiger partial charge < -0.3 is 14.2 Å². The number of hydrogen-bond acceptors (Lipinski definition) is 6. The molecule has 0 spiro atoms. The third-order valence-corrected chi connectivity index (χ3v) is 9.91. The Morgan fingerprint density at radius 1 is 0.526 bits per heavy atom. The van der Waals surface area contributed by atoms with Crippen molar-refractivity contribution in [3.05, 3.63) is 196 Å². The Bertz CT molecular complexity index is 2690. The second kappa shape index (κ2) is 15.0. The average molecular weight is 768 g/mol. The fraction of sp³-hybridized carbons (Fsp3) is 0.130. The molecule has 0 fully saturated rings. The molecule has 0 saturated heterocycles. The van der Waals surface area contributed by atoms with Crippen LogP contribution < -0.4 is 14.2 Å². The van der Waals surface area contributed by atoms with E-state index in [1.165, 1.54) is 26.4 Å². The predicted molar refractivity (Wildman–Crippen MR) is 211 cm³/mol. The number of hydrogen-bond donors (Lipinski definition) is 0. The van der Waals surface area contributed by atoms with Crippen LogP contribution >= 0.6 is 0 Å². The molecule has 2 atom stereocenters. The average Bonchev–Trinajstić information content (AvgIpc) is 3.82. The van der Waals surface area contributed by atoms with E-state index in [2.05, 4.69) is 0 Å². The molecule has 6 aromatic rings. The van der Waals surface area contributed by atoms with Crippen LogP contribution in [0, 0.1) is 30.2 Å². The lowest BCUT2D eigenvalue weighted by molar-refractivity contribution is -0.647. The van der Waals surface area contributed by atoms with Crippen LogP contribution in [0.25, 0.3) is 0 Å². The second-order valence-corrected chi connectivity index (χ2v) is 13.5. The summed E-state index contributed by atoms with van der Waals surface area (Å²) in [7, 11) is 4.61. The lowest BCUT2D eigenvalue weighted by Crippen LogP contribution is -2.41. The van der Waals surface area contributed by atoms with Gasteiger partial charge in [0.05, 0.1) is 32.5 Å². The Balaban J connectivity index is 1.58. The SMILES string of the molecule is COc1cccc(C2=NC(c3ccc(F)cc3F)([N+]3=C(c4cccc(OC)c4)C(c4cccc(OC)c4)=NC3c3ccc(F)cc3F)N=C2c2cccc(C)c2)c1. The lowest BCUT2D eigenvalue weighted by atomic mass is 9.97. The summed E-state index contributed by atoms with van der Waals surface area (Å²) in [6.45, 7) is 1.94. The fourth-order valence-electron chi connectivity index (χ4n) is 7.28. The smallest absolute Gasteiger partial charge is 0.390 e. The summed E-state index contributed by atoms with van der Waals surface area (Å²) in [5.41, 5.74) is 4.46. The van der Waals surface area contributed by atoms with E-state index in [0.29, 0.717) is 62.3 Å². The van der Waals surface area contributed by atoms with Crippen LogP contribution in [0.4, 0.5) is 17.6 Å². The summed E-state index contributed by atoms with van der Waals surface area (Å²) in [6, 6.07) is 35.4. The maximum absolute atomic E-state index is 16.8. The topological polar surface area (TPSA) is 67.8 Å². The first kappa shape index (κ1) is 37.1. The Morgan fingerprint density at radius 2 is 1.02 bits per heavy atom. The molecule has 7 nitrogen and oxygen atoms in total. The Kier molecular flexibility index (Phi) is 9.74. The molecule has 6 aromatic carbocycles. The minimum atomic E-state index is -2.14. The van der Waals surface area contributed by atoms with Gasteiger partial charge in [-0.15, -0.1) is 4.58 Å². The van der Waals surface area contributed by atoms with E-state index >= 15 is 8.78 Å². The molecule has 0 saturated carbocycles. The molecular formula is C46H35F4N4O3+. The van der Waals surface area contributed by atoms with Gasteiger partial charge in [-0.2, -0.15) is 9.98 Å². The minimum Gasteiger partial charge on any atom is -0.497 e. The number of methoxy groups -OCH3 is 3. The number of rotatable bonds is 10. The molecule has 11 heteroatoms.